The normalized spacial score (nSPS) is 10.5. The van der Waals surface area contributed by atoms with Crippen LogP contribution in [-0.4, -0.2) is 35.9 Å². The van der Waals surface area contributed by atoms with E-state index in [1.807, 2.05) is 37.3 Å². The van der Waals surface area contributed by atoms with Crippen molar-refractivity contribution in [1.29, 1.82) is 0 Å². The standard InChI is InChI=1S/C19H19N3O4S/c1-11-14(12-5-7-13(25-3)8-6-12)9-16(27-11)18(23)20-17-10-15(19(24)26-4)22(2)21-17/h5-10H,1-4H3,(H,20,21,23). The van der Waals surface area contributed by atoms with Gasteiger partial charge in [-0.2, -0.15) is 5.10 Å². The summed E-state index contributed by atoms with van der Waals surface area (Å²) < 4.78 is 11.2. The smallest absolute Gasteiger partial charge is 0.356 e. The summed E-state index contributed by atoms with van der Waals surface area (Å²) in [6, 6.07) is 11.0. The number of nitrogens with zero attached hydrogens (tertiary/aromatic N) is 2. The Labute approximate surface area is 160 Å². The Morgan fingerprint density at radius 1 is 1.15 bits per heavy atom. The fourth-order valence-corrected chi connectivity index (χ4v) is 3.59. The first-order chi connectivity index (χ1) is 12.9. The van der Waals surface area contributed by atoms with Gasteiger partial charge in [0.05, 0.1) is 19.1 Å². The van der Waals surface area contributed by atoms with Crippen molar-refractivity contribution in [3.63, 3.8) is 0 Å². The Morgan fingerprint density at radius 2 is 1.85 bits per heavy atom. The summed E-state index contributed by atoms with van der Waals surface area (Å²) in [6.07, 6.45) is 0. The molecular weight excluding hydrogens is 366 g/mol. The topological polar surface area (TPSA) is 82.4 Å². The molecule has 1 amide bonds. The minimum Gasteiger partial charge on any atom is -0.497 e. The molecular formula is C19H19N3O4S. The van der Waals surface area contributed by atoms with Crippen LogP contribution in [0.25, 0.3) is 11.1 Å². The highest BCUT2D eigenvalue weighted by Crippen LogP contribution is 2.32. The largest absolute Gasteiger partial charge is 0.497 e. The Morgan fingerprint density at radius 3 is 2.48 bits per heavy atom. The molecule has 0 bridgehead atoms. The van der Waals surface area contributed by atoms with Crippen LogP contribution >= 0.6 is 11.3 Å². The first-order valence-corrected chi connectivity index (χ1v) is 8.93. The second-order valence-electron chi connectivity index (χ2n) is 5.79. The van der Waals surface area contributed by atoms with Gasteiger partial charge in [-0.1, -0.05) is 12.1 Å². The van der Waals surface area contributed by atoms with Gasteiger partial charge in [-0.15, -0.1) is 11.3 Å². The molecule has 2 heterocycles. The van der Waals surface area contributed by atoms with Crippen molar-refractivity contribution in [2.24, 2.45) is 7.05 Å². The molecule has 1 aromatic carbocycles. The van der Waals surface area contributed by atoms with E-state index >= 15 is 0 Å². The van der Waals surface area contributed by atoms with Crippen molar-refractivity contribution >= 4 is 29.0 Å². The number of benzene rings is 1. The van der Waals surface area contributed by atoms with Crippen LogP contribution in [0.5, 0.6) is 5.75 Å². The Hall–Kier alpha value is -3.13. The van der Waals surface area contributed by atoms with E-state index in [9.17, 15) is 9.59 Å². The number of aryl methyl sites for hydroxylation is 2. The van der Waals surface area contributed by atoms with Crippen molar-refractivity contribution in [2.45, 2.75) is 6.92 Å². The van der Waals surface area contributed by atoms with Crippen LogP contribution < -0.4 is 10.1 Å². The summed E-state index contributed by atoms with van der Waals surface area (Å²) in [5.41, 5.74) is 2.26. The summed E-state index contributed by atoms with van der Waals surface area (Å²) >= 11 is 1.40. The molecule has 0 unspecified atom stereocenters. The van der Waals surface area contributed by atoms with Gasteiger partial charge in [-0.05, 0) is 36.2 Å². The highest BCUT2D eigenvalue weighted by molar-refractivity contribution is 7.14. The van der Waals surface area contributed by atoms with Gasteiger partial charge in [0.15, 0.2) is 5.82 Å². The molecule has 0 saturated carbocycles. The van der Waals surface area contributed by atoms with E-state index in [-0.39, 0.29) is 11.6 Å². The molecule has 0 saturated heterocycles. The van der Waals surface area contributed by atoms with E-state index in [0.29, 0.717) is 10.7 Å². The lowest BCUT2D eigenvalue weighted by atomic mass is 10.1. The zero-order valence-electron chi connectivity index (χ0n) is 15.4. The maximum atomic E-state index is 12.6. The number of nitrogens with one attached hydrogen (secondary N) is 1. The Kier molecular flexibility index (Phi) is 5.27. The van der Waals surface area contributed by atoms with Crippen LogP contribution in [0.2, 0.25) is 0 Å². The highest BCUT2D eigenvalue weighted by Gasteiger charge is 2.18. The lowest BCUT2D eigenvalue weighted by molar-refractivity contribution is 0.0588. The molecule has 27 heavy (non-hydrogen) atoms. The van der Waals surface area contributed by atoms with Crippen LogP contribution in [0.4, 0.5) is 5.82 Å². The number of amides is 1. The van der Waals surface area contributed by atoms with Gasteiger partial charge in [-0.25, -0.2) is 4.79 Å². The van der Waals surface area contributed by atoms with Gasteiger partial charge in [0.2, 0.25) is 0 Å². The van der Waals surface area contributed by atoms with Gasteiger partial charge in [-0.3, -0.25) is 9.48 Å². The summed E-state index contributed by atoms with van der Waals surface area (Å²) in [7, 11) is 4.53. The average molecular weight is 385 g/mol. The molecule has 3 rings (SSSR count). The number of aromatic nitrogens is 2. The predicted octanol–water partition coefficient (Wildman–Crippen LogP) is 3.50. The number of carbonyl (C=O) groups excluding carboxylic acids is 2. The zero-order valence-corrected chi connectivity index (χ0v) is 16.2. The molecule has 0 aliphatic carbocycles. The number of ether oxygens (including phenoxy) is 2. The van der Waals surface area contributed by atoms with Crippen molar-refractivity contribution < 1.29 is 19.1 Å². The SMILES string of the molecule is COC(=O)c1cc(NC(=O)c2cc(-c3ccc(OC)cc3)c(C)s2)nn1C. The van der Waals surface area contributed by atoms with Crippen LogP contribution in [0, 0.1) is 6.92 Å². The summed E-state index contributed by atoms with van der Waals surface area (Å²) in [5.74, 6) is 0.276. The van der Waals surface area contributed by atoms with Gasteiger partial charge < -0.3 is 14.8 Å². The summed E-state index contributed by atoms with van der Waals surface area (Å²) in [6.45, 7) is 1.97. The number of hydrogen-bond acceptors (Lipinski definition) is 6. The fourth-order valence-electron chi connectivity index (χ4n) is 2.65. The van der Waals surface area contributed by atoms with Crippen molar-refractivity contribution in [1.82, 2.24) is 9.78 Å². The molecule has 0 atom stereocenters. The molecule has 0 spiro atoms. The molecule has 0 aliphatic rings. The molecule has 3 aromatic rings. The molecule has 7 nitrogen and oxygen atoms in total. The van der Waals surface area contributed by atoms with Crippen LogP contribution in [-0.2, 0) is 11.8 Å². The zero-order chi connectivity index (χ0) is 19.6. The van der Waals surface area contributed by atoms with Gasteiger partial charge >= 0.3 is 5.97 Å². The number of hydrogen-bond donors (Lipinski definition) is 1. The number of anilines is 1. The highest BCUT2D eigenvalue weighted by atomic mass is 32.1. The van der Waals surface area contributed by atoms with E-state index in [1.54, 1.807) is 14.2 Å². The van der Waals surface area contributed by atoms with Crippen molar-refractivity contribution in [2.75, 3.05) is 19.5 Å². The first-order valence-electron chi connectivity index (χ1n) is 8.11. The van der Waals surface area contributed by atoms with E-state index in [2.05, 4.69) is 15.2 Å². The van der Waals surface area contributed by atoms with E-state index in [4.69, 9.17) is 4.74 Å². The summed E-state index contributed by atoms with van der Waals surface area (Å²) in [4.78, 5) is 25.8. The van der Waals surface area contributed by atoms with Gasteiger partial charge in [0.25, 0.3) is 5.91 Å². The molecule has 140 valence electrons. The lowest BCUT2D eigenvalue weighted by Crippen LogP contribution is -2.10. The Balaban J connectivity index is 1.81. The number of methoxy groups -OCH3 is 2. The third-order valence-electron chi connectivity index (χ3n) is 4.06. The number of thiophene rings is 1. The van der Waals surface area contributed by atoms with Gasteiger partial charge in [0, 0.05) is 18.0 Å². The molecule has 0 fully saturated rings. The molecule has 0 radical (unpaired) electrons. The second kappa shape index (κ2) is 7.63. The van der Waals surface area contributed by atoms with E-state index < -0.39 is 5.97 Å². The quantitative estimate of drug-likeness (QED) is 0.680. The molecule has 8 heteroatoms. The maximum absolute atomic E-state index is 12.6. The predicted molar refractivity (Wildman–Crippen MR) is 104 cm³/mol. The first kappa shape index (κ1) is 18.7. The van der Waals surface area contributed by atoms with Crippen LogP contribution in [0.1, 0.15) is 25.0 Å². The van der Waals surface area contributed by atoms with Crippen molar-refractivity contribution in [3.8, 4) is 16.9 Å². The third-order valence-corrected chi connectivity index (χ3v) is 5.11. The van der Waals surface area contributed by atoms with Crippen molar-refractivity contribution in [3.05, 3.63) is 51.8 Å². The lowest BCUT2D eigenvalue weighted by Gasteiger charge is -2.02. The Bertz CT molecular complexity index is 989. The molecule has 1 N–H and O–H groups in total. The monoisotopic (exact) mass is 385 g/mol. The fraction of sp³-hybridized carbons (Fsp3) is 0.211. The molecule has 0 aliphatic heterocycles. The molecule has 2 aromatic heterocycles. The van der Waals surface area contributed by atoms with Crippen LogP contribution in [0.15, 0.2) is 36.4 Å². The number of esters is 1. The van der Waals surface area contributed by atoms with E-state index in [1.165, 1.54) is 29.2 Å². The maximum Gasteiger partial charge on any atom is 0.356 e. The van der Waals surface area contributed by atoms with Crippen LogP contribution in [0.3, 0.4) is 0 Å². The van der Waals surface area contributed by atoms with E-state index in [0.717, 1.165) is 21.8 Å². The third kappa shape index (κ3) is 3.85. The minimum absolute atomic E-state index is 0.258. The number of rotatable bonds is 5. The second-order valence-corrected chi connectivity index (χ2v) is 7.05. The van der Waals surface area contributed by atoms with Gasteiger partial charge in [0.1, 0.15) is 11.4 Å². The number of carbonyl (C=O) groups is 2. The average Bonchev–Trinajstić information content (AvgIpc) is 3.23. The summed E-state index contributed by atoms with van der Waals surface area (Å²) in [5, 5.41) is 6.85. The minimum atomic E-state index is -0.515.